The Morgan fingerprint density at radius 3 is 2.53 bits per heavy atom. The topological polar surface area (TPSA) is 80.3 Å². The monoisotopic (exact) mass is 433 g/mol. The average Bonchev–Trinajstić information content (AvgIpc) is 3.22. The predicted molar refractivity (Wildman–Crippen MR) is 113 cm³/mol. The highest BCUT2D eigenvalue weighted by atomic mass is 35.5. The molecule has 4 rings (SSSR count). The first-order chi connectivity index (χ1) is 14.1. The zero-order valence-electron chi connectivity index (χ0n) is 16.6. The minimum Gasteiger partial charge on any atom is -0.465 e. The van der Waals surface area contributed by atoms with E-state index >= 15 is 0 Å². The summed E-state index contributed by atoms with van der Waals surface area (Å²) >= 11 is 0. The fourth-order valence-corrected chi connectivity index (χ4v) is 3.48. The molecule has 2 aromatic carbocycles. The van der Waals surface area contributed by atoms with Crippen molar-refractivity contribution in [2.75, 3.05) is 45.4 Å². The first kappa shape index (κ1) is 21.7. The fraction of sp³-hybridized carbons (Fsp3) is 0.333. The zero-order valence-corrected chi connectivity index (χ0v) is 17.4. The number of methoxy groups -OCH3 is 1. The van der Waals surface area contributed by atoms with Crippen LogP contribution in [0, 0.1) is 0 Å². The second-order valence-corrected chi connectivity index (χ2v) is 6.92. The minimum atomic E-state index is -0.477. The maximum absolute atomic E-state index is 12.6. The highest BCUT2D eigenvalue weighted by molar-refractivity contribution is 6.00. The van der Waals surface area contributed by atoms with Gasteiger partial charge in [-0.1, -0.05) is 18.2 Å². The highest BCUT2D eigenvalue weighted by Crippen LogP contribution is 2.32. The lowest BCUT2D eigenvalue weighted by molar-refractivity contribution is 0.0602. The molecule has 2 aliphatic rings. The molecular weight excluding hydrogens is 410 g/mol. The van der Waals surface area contributed by atoms with Crippen LogP contribution in [-0.4, -0.2) is 61.9 Å². The van der Waals surface area contributed by atoms with E-state index in [1.54, 1.807) is 29.2 Å². The molecule has 1 N–H and O–H groups in total. The van der Waals surface area contributed by atoms with Crippen molar-refractivity contribution in [1.82, 2.24) is 9.80 Å². The third-order valence-corrected chi connectivity index (χ3v) is 5.08. The molecule has 2 amide bonds. The van der Waals surface area contributed by atoms with Crippen molar-refractivity contribution in [2.24, 2.45) is 0 Å². The number of ether oxygens (including phenoxy) is 3. The zero-order chi connectivity index (χ0) is 20.2. The van der Waals surface area contributed by atoms with Gasteiger partial charge >= 0.3 is 12.0 Å². The van der Waals surface area contributed by atoms with E-state index in [1.807, 2.05) is 18.2 Å². The molecule has 1 saturated heterocycles. The number of esters is 1. The van der Waals surface area contributed by atoms with Crippen molar-refractivity contribution in [3.8, 4) is 11.5 Å². The Morgan fingerprint density at radius 1 is 1.03 bits per heavy atom. The number of carbonyl (C=O) groups excluding carboxylic acids is 2. The number of hydrogen-bond donors (Lipinski definition) is 1. The fourth-order valence-electron chi connectivity index (χ4n) is 3.48. The van der Waals surface area contributed by atoms with Gasteiger partial charge < -0.3 is 24.4 Å². The van der Waals surface area contributed by atoms with Crippen LogP contribution in [0.1, 0.15) is 15.9 Å². The van der Waals surface area contributed by atoms with Crippen molar-refractivity contribution in [3.63, 3.8) is 0 Å². The van der Waals surface area contributed by atoms with Crippen molar-refractivity contribution in [2.45, 2.75) is 6.54 Å². The van der Waals surface area contributed by atoms with Crippen LogP contribution in [0.4, 0.5) is 10.5 Å². The second-order valence-electron chi connectivity index (χ2n) is 6.92. The largest absolute Gasteiger partial charge is 0.465 e. The molecule has 1 fully saturated rings. The van der Waals surface area contributed by atoms with E-state index in [0.29, 0.717) is 24.3 Å². The van der Waals surface area contributed by atoms with E-state index in [1.165, 1.54) is 7.11 Å². The lowest BCUT2D eigenvalue weighted by Crippen LogP contribution is -2.49. The number of halogens is 1. The van der Waals surface area contributed by atoms with E-state index in [-0.39, 0.29) is 25.2 Å². The van der Waals surface area contributed by atoms with Crippen molar-refractivity contribution in [3.05, 3.63) is 53.6 Å². The van der Waals surface area contributed by atoms with Gasteiger partial charge in [0.15, 0.2) is 11.5 Å². The van der Waals surface area contributed by atoms with Gasteiger partial charge in [0.05, 0.1) is 18.4 Å². The number of fused-ring (bicyclic) bond motifs is 1. The maximum Gasteiger partial charge on any atom is 0.339 e. The number of nitrogens with one attached hydrogen (secondary N) is 1. The lowest BCUT2D eigenvalue weighted by Gasteiger charge is -2.34. The van der Waals surface area contributed by atoms with Gasteiger partial charge in [-0.2, -0.15) is 0 Å². The number of benzene rings is 2. The average molecular weight is 434 g/mol. The molecule has 0 radical (unpaired) electrons. The molecule has 160 valence electrons. The van der Waals surface area contributed by atoms with Crippen LogP contribution < -0.4 is 14.8 Å². The number of piperazine rings is 1. The summed E-state index contributed by atoms with van der Waals surface area (Å²) in [7, 11) is 1.32. The van der Waals surface area contributed by atoms with Crippen LogP contribution in [0.25, 0.3) is 0 Å². The predicted octanol–water partition coefficient (Wildman–Crippen LogP) is 2.97. The molecule has 9 heteroatoms. The normalized spacial score (nSPS) is 15.3. The van der Waals surface area contributed by atoms with E-state index in [4.69, 9.17) is 14.2 Å². The molecular formula is C21H24ClN3O5. The van der Waals surface area contributed by atoms with Gasteiger partial charge in [-0.05, 0) is 29.8 Å². The van der Waals surface area contributed by atoms with E-state index in [9.17, 15) is 9.59 Å². The van der Waals surface area contributed by atoms with Gasteiger partial charge in [-0.15, -0.1) is 12.4 Å². The molecule has 30 heavy (non-hydrogen) atoms. The highest BCUT2D eigenvalue weighted by Gasteiger charge is 2.23. The molecule has 2 heterocycles. The Bertz CT molecular complexity index is 915. The molecule has 0 bridgehead atoms. The summed E-state index contributed by atoms with van der Waals surface area (Å²) in [4.78, 5) is 28.6. The van der Waals surface area contributed by atoms with Crippen LogP contribution in [0.15, 0.2) is 42.5 Å². The number of rotatable bonds is 4. The van der Waals surface area contributed by atoms with Gasteiger partial charge in [0.25, 0.3) is 0 Å². The summed E-state index contributed by atoms with van der Waals surface area (Å²) < 4.78 is 15.6. The summed E-state index contributed by atoms with van der Waals surface area (Å²) in [5.74, 6) is 1.08. The Balaban J connectivity index is 0.00000256. The van der Waals surface area contributed by atoms with Gasteiger partial charge in [-0.3, -0.25) is 4.90 Å². The summed E-state index contributed by atoms with van der Waals surface area (Å²) in [5, 5.41) is 2.83. The number of hydrogen-bond acceptors (Lipinski definition) is 6. The van der Waals surface area contributed by atoms with Gasteiger partial charge in [0, 0.05) is 32.7 Å². The van der Waals surface area contributed by atoms with Crippen LogP contribution in [0.2, 0.25) is 0 Å². The molecule has 0 saturated carbocycles. The number of urea groups is 1. The van der Waals surface area contributed by atoms with Crippen LogP contribution >= 0.6 is 12.4 Å². The molecule has 2 aromatic rings. The number of carbonyl (C=O) groups is 2. The van der Waals surface area contributed by atoms with E-state index in [2.05, 4.69) is 10.2 Å². The quantitative estimate of drug-likeness (QED) is 0.747. The molecule has 0 unspecified atom stereocenters. The summed E-state index contributed by atoms with van der Waals surface area (Å²) in [5.41, 5.74) is 1.94. The molecule has 8 nitrogen and oxygen atoms in total. The van der Waals surface area contributed by atoms with Crippen molar-refractivity contribution < 1.29 is 23.8 Å². The molecule has 0 spiro atoms. The van der Waals surface area contributed by atoms with Gasteiger partial charge in [-0.25, -0.2) is 9.59 Å². The molecule has 0 atom stereocenters. The number of amides is 2. The summed E-state index contributed by atoms with van der Waals surface area (Å²) in [6.45, 7) is 3.80. The van der Waals surface area contributed by atoms with Crippen LogP contribution in [0.5, 0.6) is 11.5 Å². The number of nitrogens with zero attached hydrogens (tertiary/aromatic N) is 2. The second kappa shape index (κ2) is 9.69. The Morgan fingerprint density at radius 2 is 1.77 bits per heavy atom. The Hall–Kier alpha value is -2.97. The summed E-state index contributed by atoms with van der Waals surface area (Å²) in [6, 6.07) is 12.6. The third kappa shape index (κ3) is 4.77. The first-order valence-electron chi connectivity index (χ1n) is 9.48. The molecule has 0 aliphatic carbocycles. The van der Waals surface area contributed by atoms with Gasteiger partial charge in [0.2, 0.25) is 6.79 Å². The lowest BCUT2D eigenvalue weighted by atomic mass is 10.1. The SMILES string of the molecule is COC(=O)c1ccccc1NC(=O)N1CCN(Cc2ccc3c(c2)OCO3)CC1.Cl. The number of anilines is 1. The maximum atomic E-state index is 12.6. The van der Waals surface area contributed by atoms with Crippen LogP contribution in [-0.2, 0) is 11.3 Å². The van der Waals surface area contributed by atoms with Crippen molar-refractivity contribution >= 4 is 30.1 Å². The number of para-hydroxylation sites is 1. The van der Waals surface area contributed by atoms with E-state index in [0.717, 1.165) is 36.7 Å². The molecule has 0 aromatic heterocycles. The Kier molecular flexibility index (Phi) is 7.02. The van der Waals surface area contributed by atoms with Crippen molar-refractivity contribution in [1.29, 1.82) is 0 Å². The summed E-state index contributed by atoms with van der Waals surface area (Å²) in [6.07, 6.45) is 0. The third-order valence-electron chi connectivity index (χ3n) is 5.08. The van der Waals surface area contributed by atoms with E-state index < -0.39 is 5.97 Å². The standard InChI is InChI=1S/C21H23N3O5.ClH/c1-27-20(25)16-4-2-3-5-17(16)22-21(26)24-10-8-23(9-11-24)13-15-6-7-18-19(12-15)29-14-28-18;/h2-7,12H,8-11,13-14H2,1H3,(H,22,26);1H. The Labute approximate surface area is 181 Å². The van der Waals surface area contributed by atoms with Gasteiger partial charge in [0.1, 0.15) is 0 Å². The minimum absolute atomic E-state index is 0. The molecule has 2 aliphatic heterocycles. The van der Waals surface area contributed by atoms with Crippen LogP contribution in [0.3, 0.4) is 0 Å². The smallest absolute Gasteiger partial charge is 0.339 e. The first-order valence-corrected chi connectivity index (χ1v) is 9.48.